The number of nitrogens with one attached hydrogen (secondary N) is 3. The molecule has 1 fully saturated rings. The van der Waals surface area contributed by atoms with Crippen LogP contribution in [-0.4, -0.2) is 98.6 Å². The number of aliphatic hydroxyl groups is 1. The Kier molecular flexibility index (Phi) is 15.7. The molecule has 0 bridgehead atoms. The van der Waals surface area contributed by atoms with Gasteiger partial charge < -0.3 is 30.7 Å². The molecule has 3 heterocycles. The van der Waals surface area contributed by atoms with Crippen molar-refractivity contribution in [3.63, 3.8) is 0 Å². The van der Waals surface area contributed by atoms with Crippen molar-refractivity contribution in [1.82, 2.24) is 35.7 Å². The number of rotatable bonds is 18. The summed E-state index contributed by atoms with van der Waals surface area (Å²) in [4.78, 5) is 79.5. The van der Waals surface area contributed by atoms with Crippen LogP contribution in [0.1, 0.15) is 70.0 Å². The molecule has 4 N–H and O–H groups in total. The lowest BCUT2D eigenvalue weighted by molar-refractivity contribution is -0.130. The largest absolute Gasteiger partial charge is 0.453 e. The molecule has 0 aliphatic carbocycles. The third-order valence-electron chi connectivity index (χ3n) is 11.1. The van der Waals surface area contributed by atoms with E-state index < -0.39 is 65.5 Å². The van der Waals surface area contributed by atoms with Crippen LogP contribution in [-0.2, 0) is 38.5 Å². The van der Waals surface area contributed by atoms with Crippen molar-refractivity contribution in [3.8, 4) is 11.3 Å². The molecule has 61 heavy (non-hydrogen) atoms. The number of pyridine rings is 2. The number of methoxy groups -OCH3 is 1. The molecule has 1 aliphatic rings. The highest BCUT2D eigenvalue weighted by molar-refractivity contribution is 6.04. The van der Waals surface area contributed by atoms with Gasteiger partial charge in [0, 0.05) is 23.5 Å². The van der Waals surface area contributed by atoms with E-state index in [1.807, 2.05) is 126 Å². The minimum absolute atomic E-state index is 0.00694. The number of hydrogen-bond acceptors (Lipinski definition) is 9. The number of urea groups is 1. The van der Waals surface area contributed by atoms with E-state index in [0.717, 1.165) is 33.0 Å². The standard InChI is InChI=1S/C47H59N7O7/c1-8-30(2)41(54-29-40(56)53(46(54)60)28-35-18-14-15-31(3)49-35)43(57)51-38(26-32-16-10-9-11-17-32)39(55)27-36(50-44(58)42(47(4,5)6)52-45(59)61-7)25-33-20-22-34(23-21-33)37-19-12-13-24-48-37/h9-24,30,36,38-39,41-42,55H,8,25-29H2,1-7H3,(H,50,58)(H,51,57)(H,52,59)/t30?,36-,38-,39-,41-,42+/m0/s1. The molecule has 0 spiro atoms. The summed E-state index contributed by atoms with van der Waals surface area (Å²) in [7, 11) is 1.23. The van der Waals surface area contributed by atoms with Gasteiger partial charge in [0.25, 0.3) is 5.91 Å². The molecule has 5 rings (SSSR count). The molecule has 2 aromatic heterocycles. The molecule has 14 nitrogen and oxygen atoms in total. The number of nitrogens with zero attached hydrogens (tertiary/aromatic N) is 4. The summed E-state index contributed by atoms with van der Waals surface area (Å²) in [6, 6.07) is 24.1. The summed E-state index contributed by atoms with van der Waals surface area (Å²) in [6.45, 7) is 10.8. The summed E-state index contributed by atoms with van der Waals surface area (Å²) in [5, 5.41) is 21.0. The Hall–Kier alpha value is -6.15. The number of imide groups is 1. The zero-order valence-corrected chi connectivity index (χ0v) is 36.1. The van der Waals surface area contributed by atoms with Crippen molar-refractivity contribution >= 4 is 29.8 Å². The van der Waals surface area contributed by atoms with E-state index in [1.165, 1.54) is 12.0 Å². The molecule has 1 aliphatic heterocycles. The SMILES string of the molecule is CCC(C)[C@@H](C(=O)N[C@@H](Cc1ccccc1)[C@@H](O)C[C@H](Cc1ccc(-c2ccccn2)cc1)NC(=O)[C@@H](NC(=O)OC)C(C)(C)C)N1CC(=O)N(Cc2cccc(C)n2)C1=O. The van der Waals surface area contributed by atoms with Crippen molar-refractivity contribution in [2.45, 2.75) is 104 Å². The van der Waals surface area contributed by atoms with Crippen LogP contribution in [0.25, 0.3) is 11.3 Å². The highest BCUT2D eigenvalue weighted by atomic mass is 16.5. The van der Waals surface area contributed by atoms with Crippen LogP contribution in [0, 0.1) is 18.3 Å². The van der Waals surface area contributed by atoms with Crippen LogP contribution in [0.5, 0.6) is 0 Å². The molecule has 0 radical (unpaired) electrons. The van der Waals surface area contributed by atoms with Gasteiger partial charge in [-0.05, 0) is 72.9 Å². The third-order valence-corrected chi connectivity index (χ3v) is 11.1. The quantitative estimate of drug-likeness (QED) is 0.0927. The van der Waals surface area contributed by atoms with E-state index in [0.29, 0.717) is 18.5 Å². The minimum atomic E-state index is -1.21. The summed E-state index contributed by atoms with van der Waals surface area (Å²) in [5.74, 6) is -1.76. The third kappa shape index (κ3) is 12.4. The van der Waals surface area contributed by atoms with E-state index in [2.05, 4.69) is 25.9 Å². The molecular formula is C47H59N7O7. The highest BCUT2D eigenvalue weighted by Gasteiger charge is 2.45. The van der Waals surface area contributed by atoms with Crippen molar-refractivity contribution < 1.29 is 33.8 Å². The van der Waals surface area contributed by atoms with Gasteiger partial charge in [-0.3, -0.25) is 29.3 Å². The van der Waals surface area contributed by atoms with Crippen molar-refractivity contribution in [3.05, 3.63) is 120 Å². The Morgan fingerprint density at radius 2 is 1.54 bits per heavy atom. The van der Waals surface area contributed by atoms with Crippen LogP contribution < -0.4 is 16.0 Å². The smallest absolute Gasteiger partial charge is 0.407 e. The fraction of sp³-hybridized carbons (Fsp3) is 0.426. The van der Waals surface area contributed by atoms with Crippen LogP contribution in [0.15, 0.2) is 97.2 Å². The van der Waals surface area contributed by atoms with Crippen molar-refractivity contribution in [1.29, 1.82) is 0 Å². The Balaban J connectivity index is 1.43. The number of carbonyl (C=O) groups is 5. The summed E-state index contributed by atoms with van der Waals surface area (Å²) >= 11 is 0. The molecule has 324 valence electrons. The van der Waals surface area contributed by atoms with Gasteiger partial charge in [0.05, 0.1) is 37.2 Å². The molecule has 1 unspecified atom stereocenters. The molecule has 2 aromatic carbocycles. The lowest BCUT2D eigenvalue weighted by Gasteiger charge is -2.35. The number of hydrogen-bond donors (Lipinski definition) is 4. The summed E-state index contributed by atoms with van der Waals surface area (Å²) in [5.41, 5.74) is 4.03. The van der Waals surface area contributed by atoms with Crippen LogP contribution in [0.2, 0.25) is 0 Å². The highest BCUT2D eigenvalue weighted by Crippen LogP contribution is 2.25. The number of carbonyl (C=O) groups excluding carboxylic acids is 5. The number of aliphatic hydroxyl groups excluding tert-OH is 1. The van der Waals surface area contributed by atoms with Gasteiger partial charge in [-0.15, -0.1) is 0 Å². The average Bonchev–Trinajstić information content (AvgIpc) is 3.50. The molecule has 6 amide bonds. The fourth-order valence-corrected chi connectivity index (χ4v) is 7.55. The molecular weight excluding hydrogens is 775 g/mol. The average molecular weight is 834 g/mol. The van der Waals surface area contributed by atoms with Crippen LogP contribution in [0.3, 0.4) is 0 Å². The first-order valence-corrected chi connectivity index (χ1v) is 20.8. The number of ether oxygens (including phenoxy) is 1. The van der Waals surface area contributed by atoms with Gasteiger partial charge in [-0.2, -0.15) is 0 Å². The zero-order chi connectivity index (χ0) is 44.3. The van der Waals surface area contributed by atoms with Gasteiger partial charge in [-0.25, -0.2) is 9.59 Å². The normalized spacial score (nSPS) is 15.9. The van der Waals surface area contributed by atoms with Gasteiger partial charge >= 0.3 is 12.1 Å². The van der Waals surface area contributed by atoms with Crippen molar-refractivity contribution in [2.24, 2.45) is 11.3 Å². The second-order valence-electron chi connectivity index (χ2n) is 16.9. The molecule has 4 aromatic rings. The molecule has 14 heteroatoms. The van der Waals surface area contributed by atoms with E-state index in [9.17, 15) is 29.1 Å². The number of alkyl carbamates (subject to hydrolysis) is 1. The van der Waals surface area contributed by atoms with Gasteiger partial charge in [0.15, 0.2) is 0 Å². The monoisotopic (exact) mass is 833 g/mol. The van der Waals surface area contributed by atoms with E-state index in [4.69, 9.17) is 4.74 Å². The van der Waals surface area contributed by atoms with E-state index >= 15 is 0 Å². The lowest BCUT2D eigenvalue weighted by Crippen LogP contribution is -2.58. The van der Waals surface area contributed by atoms with Gasteiger partial charge in [-0.1, -0.05) is 108 Å². The Morgan fingerprint density at radius 3 is 2.16 bits per heavy atom. The topological polar surface area (TPSA) is 183 Å². The van der Waals surface area contributed by atoms with Crippen LogP contribution in [0.4, 0.5) is 9.59 Å². The molecule has 6 atom stereocenters. The first-order chi connectivity index (χ1) is 29.1. The second-order valence-corrected chi connectivity index (χ2v) is 16.9. The predicted octanol–water partition coefficient (Wildman–Crippen LogP) is 5.61. The van der Waals surface area contributed by atoms with E-state index in [1.54, 1.807) is 12.3 Å². The van der Waals surface area contributed by atoms with Crippen molar-refractivity contribution in [2.75, 3.05) is 13.7 Å². The maximum absolute atomic E-state index is 14.5. The van der Waals surface area contributed by atoms with Gasteiger partial charge in [0.1, 0.15) is 18.6 Å². The first-order valence-electron chi connectivity index (χ1n) is 20.8. The lowest BCUT2D eigenvalue weighted by atomic mass is 9.85. The molecule has 0 saturated carbocycles. The maximum atomic E-state index is 14.5. The fourth-order valence-electron chi connectivity index (χ4n) is 7.55. The summed E-state index contributed by atoms with van der Waals surface area (Å²) in [6.07, 6.45) is 0.829. The zero-order valence-electron chi connectivity index (χ0n) is 36.1. The number of aryl methyl sites for hydroxylation is 1. The number of amides is 6. The molecule has 1 saturated heterocycles. The van der Waals surface area contributed by atoms with Crippen LogP contribution >= 0.6 is 0 Å². The maximum Gasteiger partial charge on any atom is 0.407 e. The number of benzene rings is 2. The Morgan fingerprint density at radius 1 is 0.852 bits per heavy atom. The van der Waals surface area contributed by atoms with Gasteiger partial charge in [0.2, 0.25) is 11.8 Å². The van der Waals surface area contributed by atoms with E-state index in [-0.39, 0.29) is 31.8 Å². The number of aromatic nitrogens is 2. The predicted molar refractivity (Wildman–Crippen MR) is 232 cm³/mol. The Bertz CT molecular complexity index is 2110. The first kappa shape index (κ1) is 45.9. The summed E-state index contributed by atoms with van der Waals surface area (Å²) < 4.78 is 4.83. The minimum Gasteiger partial charge on any atom is -0.453 e. The Labute approximate surface area is 358 Å². The second kappa shape index (κ2) is 20.9.